The third-order valence-corrected chi connectivity index (χ3v) is 7.47. The van der Waals surface area contributed by atoms with Gasteiger partial charge in [0.05, 0.1) is 46.2 Å². The fourth-order valence-corrected chi connectivity index (χ4v) is 5.05. The maximum Gasteiger partial charge on any atom is 0.269 e. The van der Waals surface area contributed by atoms with Gasteiger partial charge in [-0.1, -0.05) is 25.5 Å². The summed E-state index contributed by atoms with van der Waals surface area (Å²) in [6.07, 6.45) is 1.53. The van der Waals surface area contributed by atoms with Crippen LogP contribution >= 0.6 is 15.9 Å². The average Bonchev–Trinajstić information content (AvgIpc) is 2.97. The Labute approximate surface area is 239 Å². The predicted octanol–water partition coefficient (Wildman–Crippen LogP) is 6.08. The van der Waals surface area contributed by atoms with Crippen LogP contribution in [0.3, 0.4) is 0 Å². The van der Waals surface area contributed by atoms with E-state index in [4.69, 9.17) is 14.5 Å². The molecule has 0 aliphatic carbocycles. The molecule has 208 valence electrons. The molecule has 40 heavy (non-hydrogen) atoms. The van der Waals surface area contributed by atoms with E-state index in [2.05, 4.69) is 15.9 Å². The van der Waals surface area contributed by atoms with E-state index in [-0.39, 0.29) is 17.2 Å². The van der Waals surface area contributed by atoms with Gasteiger partial charge < -0.3 is 14.4 Å². The first-order valence-corrected chi connectivity index (χ1v) is 13.5. The van der Waals surface area contributed by atoms with Crippen molar-refractivity contribution < 1.29 is 19.2 Å². The molecule has 1 unspecified atom stereocenters. The van der Waals surface area contributed by atoms with Gasteiger partial charge in [0.15, 0.2) is 0 Å². The molecule has 0 spiro atoms. The number of nitro groups is 1. The fraction of sp³-hybridized carbons (Fsp3) is 0.276. The number of carbonyl (C=O) groups excluding carboxylic acids is 1. The molecule has 0 bridgehead atoms. The Bertz CT molecular complexity index is 1620. The number of fused-ring (bicyclic) bond motifs is 1. The minimum absolute atomic E-state index is 0.105. The third kappa shape index (κ3) is 5.55. The number of ether oxygens (including phenoxy) is 2. The number of unbranched alkanes of at least 4 members (excludes halogenated alkanes) is 1. The predicted molar refractivity (Wildman–Crippen MR) is 156 cm³/mol. The van der Waals surface area contributed by atoms with Crippen LogP contribution in [0.15, 0.2) is 69.9 Å². The van der Waals surface area contributed by atoms with Gasteiger partial charge in [-0.3, -0.25) is 24.3 Å². The van der Waals surface area contributed by atoms with Gasteiger partial charge in [0, 0.05) is 36.4 Å². The number of non-ortho nitro benzene ring substituents is 1. The van der Waals surface area contributed by atoms with Crippen LogP contribution < -0.4 is 15.0 Å². The van der Waals surface area contributed by atoms with Gasteiger partial charge in [0.25, 0.3) is 17.2 Å². The molecule has 0 saturated carbocycles. The fourth-order valence-electron chi connectivity index (χ4n) is 4.48. The van der Waals surface area contributed by atoms with Crippen molar-refractivity contribution >= 4 is 38.4 Å². The number of aromatic nitrogens is 2. The zero-order chi connectivity index (χ0) is 29.0. The molecule has 0 N–H and O–H groups in total. The Balaban J connectivity index is 1.95. The zero-order valence-corrected chi connectivity index (χ0v) is 24.2. The number of rotatable bonds is 10. The molecule has 4 aromatic rings. The summed E-state index contributed by atoms with van der Waals surface area (Å²) in [6.45, 7) is 4.22. The first-order valence-electron chi connectivity index (χ1n) is 12.7. The molecule has 11 heteroatoms. The summed E-state index contributed by atoms with van der Waals surface area (Å²) in [5, 5.41) is 11.5. The number of para-hydroxylation sites is 1. The van der Waals surface area contributed by atoms with Crippen molar-refractivity contribution in [2.45, 2.75) is 32.7 Å². The topological polar surface area (TPSA) is 117 Å². The molecule has 0 radical (unpaired) electrons. The van der Waals surface area contributed by atoms with Gasteiger partial charge in [0.2, 0.25) is 0 Å². The standard InChI is InChI=1S/C29H29BrN4O6/c1-5-6-15-32(28(35)19-11-13-20(14-12-19)34(37)38)18(2)27-31-23-10-8-7-9-22(23)29(36)33(27)24-16-21(39-3)17-25(40-4)26(24)30/h7-14,16-18H,5-6,15H2,1-4H3. The maximum absolute atomic E-state index is 14.0. The van der Waals surface area contributed by atoms with Crippen molar-refractivity contribution in [3.63, 3.8) is 0 Å². The van der Waals surface area contributed by atoms with Crippen LogP contribution in [0.2, 0.25) is 0 Å². The minimum Gasteiger partial charge on any atom is -0.497 e. The number of benzene rings is 3. The van der Waals surface area contributed by atoms with E-state index >= 15 is 0 Å². The molecule has 1 aromatic heterocycles. The van der Waals surface area contributed by atoms with Crippen molar-refractivity contribution in [3.8, 4) is 17.2 Å². The van der Waals surface area contributed by atoms with Gasteiger partial charge in [-0.25, -0.2) is 4.98 Å². The Morgan fingerprint density at radius 2 is 1.82 bits per heavy atom. The van der Waals surface area contributed by atoms with Crippen molar-refractivity contribution in [3.05, 3.63) is 97.0 Å². The number of amides is 1. The average molecular weight is 609 g/mol. The molecule has 3 aromatic carbocycles. The van der Waals surface area contributed by atoms with E-state index in [0.29, 0.717) is 56.9 Å². The van der Waals surface area contributed by atoms with Crippen LogP contribution in [-0.2, 0) is 0 Å². The highest BCUT2D eigenvalue weighted by molar-refractivity contribution is 9.10. The normalized spacial score (nSPS) is 11.7. The molecule has 0 aliphatic heterocycles. The number of methoxy groups -OCH3 is 2. The first-order chi connectivity index (χ1) is 19.2. The summed E-state index contributed by atoms with van der Waals surface area (Å²) in [5.74, 6) is 0.939. The van der Waals surface area contributed by atoms with Crippen molar-refractivity contribution in [1.82, 2.24) is 14.5 Å². The van der Waals surface area contributed by atoms with Gasteiger partial charge in [0.1, 0.15) is 17.3 Å². The lowest BCUT2D eigenvalue weighted by Gasteiger charge is -2.31. The number of hydrogen-bond acceptors (Lipinski definition) is 7. The minimum atomic E-state index is -0.657. The lowest BCUT2D eigenvalue weighted by molar-refractivity contribution is -0.384. The van der Waals surface area contributed by atoms with Gasteiger partial charge >= 0.3 is 0 Å². The molecule has 0 fully saturated rings. The number of nitro benzene ring substituents is 1. The molecular weight excluding hydrogens is 580 g/mol. The number of nitrogens with zero attached hydrogens (tertiary/aromatic N) is 4. The molecular formula is C29H29BrN4O6. The van der Waals surface area contributed by atoms with E-state index in [1.54, 1.807) is 41.3 Å². The van der Waals surface area contributed by atoms with Crippen LogP contribution in [0.25, 0.3) is 16.6 Å². The summed E-state index contributed by atoms with van der Waals surface area (Å²) < 4.78 is 13.0. The van der Waals surface area contributed by atoms with Crippen LogP contribution in [0, 0.1) is 10.1 Å². The molecule has 1 atom stereocenters. The highest BCUT2D eigenvalue weighted by Gasteiger charge is 2.29. The highest BCUT2D eigenvalue weighted by Crippen LogP contribution is 2.37. The zero-order valence-electron chi connectivity index (χ0n) is 22.6. The third-order valence-electron chi connectivity index (χ3n) is 6.67. The van der Waals surface area contributed by atoms with Crippen molar-refractivity contribution in [2.24, 2.45) is 0 Å². The van der Waals surface area contributed by atoms with E-state index in [1.165, 1.54) is 43.1 Å². The lowest BCUT2D eigenvalue weighted by atomic mass is 10.1. The molecule has 4 rings (SSSR count). The second-order valence-electron chi connectivity index (χ2n) is 9.12. The molecule has 10 nitrogen and oxygen atoms in total. The van der Waals surface area contributed by atoms with Crippen molar-refractivity contribution in [2.75, 3.05) is 20.8 Å². The summed E-state index contributed by atoms with van der Waals surface area (Å²) in [6, 6.07) is 15.3. The quantitative estimate of drug-likeness (QED) is 0.158. The van der Waals surface area contributed by atoms with Crippen molar-refractivity contribution in [1.29, 1.82) is 0 Å². The molecule has 1 heterocycles. The smallest absolute Gasteiger partial charge is 0.269 e. The van der Waals surface area contributed by atoms with E-state index in [9.17, 15) is 19.7 Å². The Morgan fingerprint density at radius 3 is 2.45 bits per heavy atom. The van der Waals surface area contributed by atoms with E-state index < -0.39 is 11.0 Å². The second-order valence-corrected chi connectivity index (χ2v) is 9.92. The Kier molecular flexibility index (Phi) is 8.83. The monoisotopic (exact) mass is 608 g/mol. The van der Waals surface area contributed by atoms with E-state index in [1.807, 2.05) is 13.8 Å². The van der Waals surface area contributed by atoms with Gasteiger partial charge in [-0.2, -0.15) is 0 Å². The van der Waals surface area contributed by atoms with Gasteiger partial charge in [-0.05, 0) is 53.5 Å². The molecule has 1 amide bonds. The maximum atomic E-state index is 14.0. The second kappa shape index (κ2) is 12.3. The summed E-state index contributed by atoms with van der Waals surface area (Å²) in [4.78, 5) is 45.0. The van der Waals surface area contributed by atoms with E-state index in [0.717, 1.165) is 6.42 Å². The Hall–Kier alpha value is -4.25. The highest BCUT2D eigenvalue weighted by atomic mass is 79.9. The van der Waals surface area contributed by atoms with Gasteiger partial charge in [-0.15, -0.1) is 0 Å². The molecule has 0 aliphatic rings. The number of hydrogen-bond donors (Lipinski definition) is 0. The number of carbonyl (C=O) groups is 1. The van der Waals surface area contributed by atoms with Crippen LogP contribution in [0.1, 0.15) is 48.9 Å². The first kappa shape index (κ1) is 28.8. The summed E-state index contributed by atoms with van der Waals surface area (Å²) in [5.41, 5.74) is 0.815. The number of halogens is 1. The SMILES string of the molecule is CCCCN(C(=O)c1ccc([N+](=O)[O-])cc1)C(C)c1nc2ccccc2c(=O)n1-c1cc(OC)cc(OC)c1Br. The summed E-state index contributed by atoms with van der Waals surface area (Å²) in [7, 11) is 3.04. The van der Waals surface area contributed by atoms with Crippen LogP contribution in [-0.4, -0.2) is 46.0 Å². The largest absolute Gasteiger partial charge is 0.497 e. The summed E-state index contributed by atoms with van der Waals surface area (Å²) >= 11 is 3.58. The lowest BCUT2D eigenvalue weighted by Crippen LogP contribution is -2.38. The Morgan fingerprint density at radius 1 is 1.12 bits per heavy atom. The molecule has 0 saturated heterocycles. The van der Waals surface area contributed by atoms with Crippen LogP contribution in [0.4, 0.5) is 5.69 Å². The van der Waals surface area contributed by atoms with Crippen LogP contribution in [0.5, 0.6) is 11.5 Å².